The first-order chi connectivity index (χ1) is 16.6. The lowest BCUT2D eigenvalue weighted by Gasteiger charge is -2.33. The number of hydrogen-bond donors (Lipinski definition) is 2. The molecule has 178 valence electrons. The van der Waals surface area contributed by atoms with Crippen molar-refractivity contribution in [1.82, 2.24) is 10.2 Å². The van der Waals surface area contributed by atoms with Gasteiger partial charge in [0, 0.05) is 37.6 Å². The molecule has 2 N–H and O–H groups in total. The van der Waals surface area contributed by atoms with E-state index in [0.29, 0.717) is 17.9 Å². The summed E-state index contributed by atoms with van der Waals surface area (Å²) in [5, 5.41) is 15.9. The van der Waals surface area contributed by atoms with Gasteiger partial charge in [0.25, 0.3) is 0 Å². The number of nitrogens with zero attached hydrogens (tertiary/aromatic N) is 1. The van der Waals surface area contributed by atoms with Crippen LogP contribution in [-0.2, 0) is 4.79 Å². The largest absolute Gasteiger partial charge is 0.481 e. The molecule has 0 radical (unpaired) electrons. The number of aliphatic carboxylic acids is 1. The Morgan fingerprint density at radius 2 is 1.65 bits per heavy atom. The lowest BCUT2D eigenvalue weighted by Crippen LogP contribution is -2.38. The predicted molar refractivity (Wildman–Crippen MR) is 138 cm³/mol. The third kappa shape index (κ3) is 4.89. The van der Waals surface area contributed by atoms with E-state index in [0.717, 1.165) is 45.3 Å². The quantitative estimate of drug-likeness (QED) is 0.468. The number of carboxylic acids is 1. The summed E-state index contributed by atoms with van der Waals surface area (Å²) in [6.07, 6.45) is 3.64. The van der Waals surface area contributed by atoms with Crippen LogP contribution in [0.3, 0.4) is 0 Å². The highest BCUT2D eigenvalue weighted by Gasteiger charge is 2.38. The highest BCUT2D eigenvalue weighted by atomic mass is 16.4. The summed E-state index contributed by atoms with van der Waals surface area (Å²) in [5.74, 6) is 0.275. The summed E-state index contributed by atoms with van der Waals surface area (Å²) in [4.78, 5) is 14.1. The molecule has 3 atom stereocenters. The van der Waals surface area contributed by atoms with Gasteiger partial charge in [0.05, 0.1) is 5.92 Å². The number of carbonyl (C=O) groups is 1. The van der Waals surface area contributed by atoms with Gasteiger partial charge in [0.2, 0.25) is 0 Å². The molecule has 1 saturated heterocycles. The Morgan fingerprint density at radius 1 is 0.941 bits per heavy atom. The van der Waals surface area contributed by atoms with Crippen molar-refractivity contribution in [3.05, 3.63) is 83.9 Å². The van der Waals surface area contributed by atoms with Crippen LogP contribution in [0, 0.1) is 11.8 Å². The molecule has 2 aliphatic rings. The van der Waals surface area contributed by atoms with E-state index in [1.807, 2.05) is 0 Å². The van der Waals surface area contributed by atoms with E-state index in [2.05, 4.69) is 89.9 Å². The Labute approximate surface area is 203 Å². The topological polar surface area (TPSA) is 52.6 Å². The van der Waals surface area contributed by atoms with Gasteiger partial charge in [-0.3, -0.25) is 9.69 Å². The van der Waals surface area contributed by atoms with E-state index in [1.165, 1.54) is 21.9 Å². The molecule has 0 bridgehead atoms. The van der Waals surface area contributed by atoms with Gasteiger partial charge in [-0.05, 0) is 60.4 Å². The molecule has 5 rings (SSSR count). The average Bonchev–Trinajstić information content (AvgIpc) is 3.32. The van der Waals surface area contributed by atoms with Gasteiger partial charge in [-0.2, -0.15) is 0 Å². The second kappa shape index (κ2) is 10.3. The van der Waals surface area contributed by atoms with Crippen molar-refractivity contribution >= 4 is 16.7 Å². The second-order valence-electron chi connectivity index (χ2n) is 10.3. The van der Waals surface area contributed by atoms with E-state index in [4.69, 9.17) is 0 Å². The number of benzene rings is 3. The van der Waals surface area contributed by atoms with Gasteiger partial charge in [-0.1, -0.05) is 72.8 Å². The van der Waals surface area contributed by atoms with Crippen LogP contribution in [0.25, 0.3) is 10.8 Å². The average molecular weight is 457 g/mol. The lowest BCUT2D eigenvalue weighted by atomic mass is 9.85. The number of likely N-dealkylation sites (tertiary alicyclic amines) is 1. The Balaban J connectivity index is 1.29. The Morgan fingerprint density at radius 3 is 2.41 bits per heavy atom. The van der Waals surface area contributed by atoms with Gasteiger partial charge >= 0.3 is 5.97 Å². The van der Waals surface area contributed by atoms with Crippen LogP contribution in [0.5, 0.6) is 0 Å². The first kappa shape index (κ1) is 23.1. The monoisotopic (exact) mass is 456 g/mol. The van der Waals surface area contributed by atoms with E-state index >= 15 is 0 Å². The molecule has 0 unspecified atom stereocenters. The smallest absolute Gasteiger partial charge is 0.306 e. The molecule has 0 amide bonds. The number of carboxylic acid groups (broad SMARTS) is 1. The molecule has 3 aromatic carbocycles. The molecule has 4 heteroatoms. The Hall–Kier alpha value is -2.69. The zero-order chi connectivity index (χ0) is 23.5. The summed E-state index contributed by atoms with van der Waals surface area (Å²) in [7, 11) is 0. The zero-order valence-corrected chi connectivity index (χ0v) is 20.1. The fourth-order valence-electron chi connectivity index (χ4n) is 6.24. The molecular formula is C30H36N2O2. The SMILES string of the molecule is C[C@@H](NC[C@H]1CN(C2CCC(C(=O)O)CC2)C[C@@H]1c1ccccc1)c1cccc2ccccc12. The summed E-state index contributed by atoms with van der Waals surface area (Å²) >= 11 is 0. The molecule has 1 heterocycles. The van der Waals surface area contributed by atoms with E-state index in [1.54, 1.807) is 0 Å². The minimum absolute atomic E-state index is 0.150. The van der Waals surface area contributed by atoms with Crippen molar-refractivity contribution in [1.29, 1.82) is 0 Å². The minimum Gasteiger partial charge on any atom is -0.481 e. The van der Waals surface area contributed by atoms with Gasteiger partial charge in [0.15, 0.2) is 0 Å². The van der Waals surface area contributed by atoms with Crippen LogP contribution in [-0.4, -0.2) is 41.7 Å². The fourth-order valence-corrected chi connectivity index (χ4v) is 6.24. The molecule has 34 heavy (non-hydrogen) atoms. The zero-order valence-electron chi connectivity index (χ0n) is 20.1. The van der Waals surface area contributed by atoms with E-state index < -0.39 is 5.97 Å². The molecular weight excluding hydrogens is 420 g/mol. The first-order valence-electron chi connectivity index (χ1n) is 12.8. The van der Waals surface area contributed by atoms with Gasteiger partial charge < -0.3 is 10.4 Å². The summed E-state index contributed by atoms with van der Waals surface area (Å²) < 4.78 is 0. The third-order valence-corrected chi connectivity index (χ3v) is 8.24. The number of rotatable bonds is 7. The van der Waals surface area contributed by atoms with E-state index in [9.17, 15) is 9.90 Å². The molecule has 1 aliphatic heterocycles. The summed E-state index contributed by atoms with van der Waals surface area (Å²) in [6, 6.07) is 27.0. The Bertz CT molecular complexity index is 1100. The Kier molecular flexibility index (Phi) is 6.98. The number of fused-ring (bicyclic) bond motifs is 1. The maximum absolute atomic E-state index is 11.4. The van der Waals surface area contributed by atoms with Gasteiger partial charge in [0.1, 0.15) is 0 Å². The molecule has 1 aliphatic carbocycles. The number of nitrogens with one attached hydrogen (secondary N) is 1. The maximum atomic E-state index is 11.4. The fraction of sp³-hybridized carbons (Fsp3) is 0.433. The van der Waals surface area contributed by atoms with Crippen molar-refractivity contribution in [3.8, 4) is 0 Å². The molecule has 0 aromatic heterocycles. The van der Waals surface area contributed by atoms with Crippen LogP contribution < -0.4 is 5.32 Å². The summed E-state index contributed by atoms with van der Waals surface area (Å²) in [6.45, 7) is 5.41. The van der Waals surface area contributed by atoms with Crippen molar-refractivity contribution in [2.75, 3.05) is 19.6 Å². The van der Waals surface area contributed by atoms with Crippen molar-refractivity contribution in [3.63, 3.8) is 0 Å². The van der Waals surface area contributed by atoms with Gasteiger partial charge in [-0.25, -0.2) is 0 Å². The van der Waals surface area contributed by atoms with Crippen LogP contribution in [0.1, 0.15) is 55.7 Å². The van der Waals surface area contributed by atoms with Crippen LogP contribution in [0.15, 0.2) is 72.8 Å². The third-order valence-electron chi connectivity index (χ3n) is 8.24. The molecule has 4 nitrogen and oxygen atoms in total. The summed E-state index contributed by atoms with van der Waals surface area (Å²) in [5.41, 5.74) is 2.78. The van der Waals surface area contributed by atoms with Crippen LogP contribution >= 0.6 is 0 Å². The van der Waals surface area contributed by atoms with Crippen LogP contribution in [0.2, 0.25) is 0 Å². The van der Waals surface area contributed by atoms with Crippen molar-refractivity contribution in [2.24, 2.45) is 11.8 Å². The normalized spacial score (nSPS) is 26.5. The second-order valence-corrected chi connectivity index (χ2v) is 10.3. The highest BCUT2D eigenvalue weighted by molar-refractivity contribution is 5.86. The highest BCUT2D eigenvalue weighted by Crippen LogP contribution is 2.38. The minimum atomic E-state index is -0.619. The standard InChI is InChI=1S/C30H36N2O2/c1-21(27-13-7-11-22-10-5-6-12-28(22)27)31-18-25-19-32(20-29(25)23-8-3-2-4-9-23)26-16-14-24(15-17-26)30(33)34/h2-13,21,24-26,29,31H,14-20H2,1H3,(H,33,34)/t21-,24?,25+,26?,29-/m1/s1. The van der Waals surface area contributed by atoms with E-state index in [-0.39, 0.29) is 12.0 Å². The van der Waals surface area contributed by atoms with Crippen LogP contribution in [0.4, 0.5) is 0 Å². The predicted octanol–water partition coefficient (Wildman–Crippen LogP) is 5.85. The molecule has 2 fully saturated rings. The lowest BCUT2D eigenvalue weighted by molar-refractivity contribution is -0.143. The molecule has 0 spiro atoms. The molecule has 1 saturated carbocycles. The van der Waals surface area contributed by atoms with Crippen molar-refractivity contribution in [2.45, 2.75) is 50.6 Å². The molecule has 3 aromatic rings. The maximum Gasteiger partial charge on any atom is 0.306 e. The van der Waals surface area contributed by atoms with Crippen molar-refractivity contribution < 1.29 is 9.90 Å². The number of hydrogen-bond acceptors (Lipinski definition) is 3. The van der Waals surface area contributed by atoms with Gasteiger partial charge in [-0.15, -0.1) is 0 Å². The first-order valence-corrected chi connectivity index (χ1v) is 12.8.